The molecular formula is C20H23N3O4. The molecule has 0 heterocycles. The monoisotopic (exact) mass is 369 g/mol. The Bertz CT molecular complexity index is 879. The Balaban J connectivity index is 2.00. The van der Waals surface area contributed by atoms with Gasteiger partial charge in [0.2, 0.25) is 5.91 Å². The average Bonchev–Trinajstić information content (AvgIpc) is 2.66. The second-order valence-electron chi connectivity index (χ2n) is 6.51. The third kappa shape index (κ3) is 4.91. The molecule has 0 aliphatic rings. The Hall–Kier alpha value is -3.22. The van der Waals surface area contributed by atoms with Crippen LogP contribution in [0.15, 0.2) is 42.5 Å². The number of hydrogen-bond acceptors (Lipinski definition) is 4. The second kappa shape index (κ2) is 8.44. The predicted octanol–water partition coefficient (Wildman–Crippen LogP) is 3.16. The molecular weight excluding hydrogens is 346 g/mol. The van der Waals surface area contributed by atoms with Gasteiger partial charge in [-0.25, -0.2) is 0 Å². The van der Waals surface area contributed by atoms with E-state index in [0.29, 0.717) is 11.1 Å². The molecule has 0 fully saturated rings. The van der Waals surface area contributed by atoms with Crippen molar-refractivity contribution in [1.29, 1.82) is 0 Å². The van der Waals surface area contributed by atoms with Crippen LogP contribution in [-0.2, 0) is 4.79 Å². The highest BCUT2D eigenvalue weighted by Crippen LogP contribution is 2.23. The molecule has 7 heteroatoms. The fraction of sp³-hybridized carbons (Fsp3) is 0.300. The van der Waals surface area contributed by atoms with E-state index in [1.54, 1.807) is 38.2 Å². The maximum absolute atomic E-state index is 12.4. The molecule has 0 radical (unpaired) electrons. The van der Waals surface area contributed by atoms with Gasteiger partial charge in [0.1, 0.15) is 0 Å². The van der Waals surface area contributed by atoms with Crippen LogP contribution in [-0.4, -0.2) is 35.2 Å². The van der Waals surface area contributed by atoms with Gasteiger partial charge in [0.25, 0.3) is 11.6 Å². The number of likely N-dealkylation sites (N-methyl/N-ethyl adjacent to an activating group) is 1. The topological polar surface area (TPSA) is 92.6 Å². The van der Waals surface area contributed by atoms with Crippen LogP contribution >= 0.6 is 0 Å². The molecule has 27 heavy (non-hydrogen) atoms. The summed E-state index contributed by atoms with van der Waals surface area (Å²) in [6, 6.07) is 11.2. The van der Waals surface area contributed by atoms with Crippen molar-refractivity contribution < 1.29 is 14.5 Å². The van der Waals surface area contributed by atoms with Crippen LogP contribution in [0.25, 0.3) is 0 Å². The molecule has 142 valence electrons. The highest BCUT2D eigenvalue weighted by molar-refractivity contribution is 5.96. The van der Waals surface area contributed by atoms with Gasteiger partial charge < -0.3 is 10.2 Å². The summed E-state index contributed by atoms with van der Waals surface area (Å²) < 4.78 is 0. The molecule has 1 N–H and O–H groups in total. The van der Waals surface area contributed by atoms with Crippen LogP contribution < -0.4 is 5.32 Å². The first-order valence-corrected chi connectivity index (χ1v) is 8.56. The average molecular weight is 369 g/mol. The summed E-state index contributed by atoms with van der Waals surface area (Å²) in [5, 5.41) is 13.5. The summed E-state index contributed by atoms with van der Waals surface area (Å²) in [5.74, 6) is -0.603. The number of nitro benzene ring substituents is 1. The van der Waals surface area contributed by atoms with Crippen molar-refractivity contribution in [2.45, 2.75) is 26.8 Å². The fourth-order valence-corrected chi connectivity index (χ4v) is 2.60. The number of amides is 2. The van der Waals surface area contributed by atoms with E-state index in [0.717, 1.165) is 11.1 Å². The lowest BCUT2D eigenvalue weighted by Crippen LogP contribution is -2.39. The molecule has 0 saturated carbocycles. The highest BCUT2D eigenvalue weighted by Gasteiger charge is 2.20. The molecule has 0 aliphatic heterocycles. The van der Waals surface area contributed by atoms with E-state index in [2.05, 4.69) is 5.32 Å². The number of hydrogen-bond donors (Lipinski definition) is 1. The molecule has 0 spiro atoms. The van der Waals surface area contributed by atoms with Crippen LogP contribution in [0.2, 0.25) is 0 Å². The normalized spacial score (nSPS) is 11.6. The minimum Gasteiger partial charge on any atom is -0.343 e. The number of aryl methyl sites for hydroxylation is 2. The zero-order valence-corrected chi connectivity index (χ0v) is 15.9. The largest absolute Gasteiger partial charge is 0.343 e. The summed E-state index contributed by atoms with van der Waals surface area (Å²) in [6.45, 7) is 5.51. The van der Waals surface area contributed by atoms with Crippen molar-refractivity contribution in [3.8, 4) is 0 Å². The number of nitro groups is 1. The molecule has 0 saturated heterocycles. The van der Waals surface area contributed by atoms with E-state index >= 15 is 0 Å². The van der Waals surface area contributed by atoms with E-state index in [4.69, 9.17) is 0 Å². The number of carbonyl (C=O) groups excluding carboxylic acids is 2. The fourth-order valence-electron chi connectivity index (χ4n) is 2.60. The van der Waals surface area contributed by atoms with Gasteiger partial charge in [-0.3, -0.25) is 19.7 Å². The highest BCUT2D eigenvalue weighted by atomic mass is 16.6. The SMILES string of the molecule is Cc1ccc(C(=O)NCC(=O)N(C)[C@@H](C)c2cccc([N+](=O)[O-])c2)cc1C. The van der Waals surface area contributed by atoms with E-state index in [1.165, 1.54) is 17.0 Å². The van der Waals surface area contributed by atoms with Crippen molar-refractivity contribution in [2.24, 2.45) is 0 Å². The Morgan fingerprint density at radius 1 is 1.15 bits per heavy atom. The van der Waals surface area contributed by atoms with Gasteiger partial charge in [-0.1, -0.05) is 18.2 Å². The van der Waals surface area contributed by atoms with Gasteiger partial charge in [-0.05, 0) is 49.6 Å². The van der Waals surface area contributed by atoms with Gasteiger partial charge in [0, 0.05) is 24.7 Å². The molecule has 2 rings (SSSR count). The maximum atomic E-state index is 12.4. The first kappa shape index (κ1) is 20.1. The smallest absolute Gasteiger partial charge is 0.269 e. The Labute approximate surface area is 158 Å². The summed E-state index contributed by atoms with van der Waals surface area (Å²) in [6.07, 6.45) is 0. The molecule has 0 aliphatic carbocycles. The van der Waals surface area contributed by atoms with Crippen molar-refractivity contribution in [3.05, 3.63) is 74.8 Å². The lowest BCUT2D eigenvalue weighted by molar-refractivity contribution is -0.384. The molecule has 0 bridgehead atoms. The standard InChI is InChI=1S/C20H23N3O4/c1-13-8-9-17(10-14(13)2)20(25)21-12-19(24)22(4)15(3)16-6-5-7-18(11-16)23(26)27/h5-11,15H,12H2,1-4H3,(H,21,25)/t15-/m0/s1. The quantitative estimate of drug-likeness (QED) is 0.625. The number of rotatable bonds is 6. The van der Waals surface area contributed by atoms with Crippen LogP contribution in [0.1, 0.15) is 40.0 Å². The van der Waals surface area contributed by atoms with Gasteiger partial charge in [-0.2, -0.15) is 0 Å². The van der Waals surface area contributed by atoms with E-state index in [-0.39, 0.29) is 30.1 Å². The molecule has 1 atom stereocenters. The summed E-state index contributed by atoms with van der Waals surface area (Å²) in [5.41, 5.74) is 3.22. The predicted molar refractivity (Wildman–Crippen MR) is 103 cm³/mol. The van der Waals surface area contributed by atoms with Crippen molar-refractivity contribution in [3.63, 3.8) is 0 Å². The lowest BCUT2D eigenvalue weighted by atomic mass is 10.1. The van der Waals surface area contributed by atoms with Crippen LogP contribution in [0, 0.1) is 24.0 Å². The van der Waals surface area contributed by atoms with E-state index < -0.39 is 4.92 Å². The molecule has 7 nitrogen and oxygen atoms in total. The van der Waals surface area contributed by atoms with E-state index in [1.807, 2.05) is 19.9 Å². The molecule has 0 unspecified atom stereocenters. The van der Waals surface area contributed by atoms with Crippen molar-refractivity contribution in [1.82, 2.24) is 10.2 Å². The van der Waals surface area contributed by atoms with Crippen LogP contribution in [0.4, 0.5) is 5.69 Å². The van der Waals surface area contributed by atoms with Crippen LogP contribution in [0.5, 0.6) is 0 Å². The maximum Gasteiger partial charge on any atom is 0.269 e. The number of benzene rings is 2. The summed E-state index contributed by atoms with van der Waals surface area (Å²) in [7, 11) is 1.61. The summed E-state index contributed by atoms with van der Waals surface area (Å²) in [4.78, 5) is 36.6. The lowest BCUT2D eigenvalue weighted by Gasteiger charge is -2.25. The zero-order valence-electron chi connectivity index (χ0n) is 15.9. The van der Waals surface area contributed by atoms with Gasteiger partial charge >= 0.3 is 0 Å². The van der Waals surface area contributed by atoms with Crippen LogP contribution in [0.3, 0.4) is 0 Å². The number of non-ortho nitro benzene ring substituents is 1. The van der Waals surface area contributed by atoms with Gasteiger partial charge in [0.05, 0.1) is 17.5 Å². The minimum atomic E-state index is -0.470. The third-order valence-corrected chi connectivity index (χ3v) is 4.71. The van der Waals surface area contributed by atoms with Crippen molar-refractivity contribution >= 4 is 17.5 Å². The number of nitrogens with one attached hydrogen (secondary N) is 1. The third-order valence-electron chi connectivity index (χ3n) is 4.71. The Kier molecular flexibility index (Phi) is 6.28. The molecule has 2 amide bonds. The van der Waals surface area contributed by atoms with E-state index in [9.17, 15) is 19.7 Å². The number of nitrogens with zero attached hydrogens (tertiary/aromatic N) is 2. The number of carbonyl (C=O) groups is 2. The Morgan fingerprint density at radius 3 is 2.48 bits per heavy atom. The first-order valence-electron chi connectivity index (χ1n) is 8.56. The zero-order chi connectivity index (χ0) is 20.1. The second-order valence-corrected chi connectivity index (χ2v) is 6.51. The minimum absolute atomic E-state index is 0.0248. The van der Waals surface area contributed by atoms with Gasteiger partial charge in [0.15, 0.2) is 0 Å². The summed E-state index contributed by atoms with van der Waals surface area (Å²) >= 11 is 0. The van der Waals surface area contributed by atoms with Crippen molar-refractivity contribution in [2.75, 3.05) is 13.6 Å². The Morgan fingerprint density at radius 2 is 1.85 bits per heavy atom. The van der Waals surface area contributed by atoms with Gasteiger partial charge in [-0.15, -0.1) is 0 Å². The molecule has 2 aromatic rings. The molecule has 2 aromatic carbocycles. The first-order chi connectivity index (χ1) is 12.7. The molecule has 0 aromatic heterocycles.